The lowest BCUT2D eigenvalue weighted by Crippen LogP contribution is -2.49. The van der Waals surface area contributed by atoms with E-state index in [0.29, 0.717) is 18.1 Å². The Bertz CT molecular complexity index is 1010. The molecule has 3 aromatic rings. The predicted molar refractivity (Wildman–Crippen MR) is 112 cm³/mol. The fraction of sp³-hybridized carbons (Fsp3) is 0.421. The van der Waals surface area contributed by atoms with Gasteiger partial charge in [0.2, 0.25) is 16.7 Å². The number of benzene rings is 1. The summed E-state index contributed by atoms with van der Waals surface area (Å²) in [4.78, 5) is 21.9. The molecule has 0 aliphatic carbocycles. The number of fused-ring (bicyclic) bond motifs is 1. The van der Waals surface area contributed by atoms with Crippen molar-refractivity contribution in [3.05, 3.63) is 45.0 Å². The molecule has 9 heteroatoms. The minimum Gasteiger partial charge on any atom is -0.492 e. The zero-order chi connectivity index (χ0) is 19.8. The van der Waals surface area contributed by atoms with Crippen molar-refractivity contribution < 1.29 is 9.90 Å². The average molecular weight is 464 g/mol. The lowest BCUT2D eigenvalue weighted by molar-refractivity contribution is -0.130. The largest absolute Gasteiger partial charge is 0.492 e. The Hall–Kier alpha value is -1.97. The van der Waals surface area contributed by atoms with Crippen LogP contribution in [0.2, 0.25) is 0 Å². The van der Waals surface area contributed by atoms with Crippen LogP contribution >= 0.6 is 27.3 Å². The van der Waals surface area contributed by atoms with Crippen LogP contribution in [0.15, 0.2) is 28.7 Å². The number of aromatic nitrogens is 3. The van der Waals surface area contributed by atoms with Crippen LogP contribution in [0.5, 0.6) is 5.88 Å². The molecule has 1 saturated heterocycles. The van der Waals surface area contributed by atoms with E-state index in [9.17, 15) is 9.90 Å². The summed E-state index contributed by atoms with van der Waals surface area (Å²) in [6.07, 6.45) is 0.727. The van der Waals surface area contributed by atoms with Gasteiger partial charge in [-0.05, 0) is 17.7 Å². The van der Waals surface area contributed by atoms with Crippen LogP contribution in [0.1, 0.15) is 36.2 Å². The first-order valence-electron chi connectivity index (χ1n) is 9.30. The first-order chi connectivity index (χ1) is 13.5. The number of carbonyl (C=O) groups is 1. The number of nitrogens with zero attached hydrogens (tertiary/aromatic N) is 5. The third-order valence-corrected chi connectivity index (χ3v) is 6.66. The summed E-state index contributed by atoms with van der Waals surface area (Å²) in [5, 5.41) is 15.3. The van der Waals surface area contributed by atoms with Gasteiger partial charge in [0, 0.05) is 44.0 Å². The van der Waals surface area contributed by atoms with Gasteiger partial charge in [-0.3, -0.25) is 9.69 Å². The van der Waals surface area contributed by atoms with E-state index in [1.54, 1.807) is 6.92 Å². The maximum absolute atomic E-state index is 11.7. The number of aryl methyl sites for hydroxylation is 1. The van der Waals surface area contributed by atoms with Gasteiger partial charge in [-0.2, -0.15) is 4.52 Å². The molecule has 0 radical (unpaired) electrons. The molecule has 1 aromatic carbocycles. The quantitative estimate of drug-likeness (QED) is 0.643. The van der Waals surface area contributed by atoms with Crippen LogP contribution in [0.25, 0.3) is 4.96 Å². The maximum atomic E-state index is 11.7. The van der Waals surface area contributed by atoms with Gasteiger partial charge in [0.1, 0.15) is 0 Å². The maximum Gasteiger partial charge on any atom is 0.230 e. The van der Waals surface area contributed by atoms with Gasteiger partial charge < -0.3 is 10.0 Å². The lowest BCUT2D eigenvalue weighted by atomic mass is 10.0. The van der Waals surface area contributed by atoms with Gasteiger partial charge in [-0.1, -0.05) is 46.3 Å². The van der Waals surface area contributed by atoms with E-state index < -0.39 is 0 Å². The minimum absolute atomic E-state index is 0.104. The molecule has 28 heavy (non-hydrogen) atoms. The number of hydrogen-bond donors (Lipinski definition) is 1. The average Bonchev–Trinajstić information content (AvgIpc) is 3.22. The van der Waals surface area contributed by atoms with Crippen molar-refractivity contribution in [1.29, 1.82) is 0 Å². The molecular weight excluding hydrogens is 442 g/mol. The molecule has 1 aliphatic heterocycles. The third-order valence-electron chi connectivity index (χ3n) is 5.10. The molecule has 2 aromatic heterocycles. The summed E-state index contributed by atoms with van der Waals surface area (Å²) >= 11 is 5.03. The highest BCUT2D eigenvalue weighted by Gasteiger charge is 2.32. The highest BCUT2D eigenvalue weighted by molar-refractivity contribution is 9.10. The monoisotopic (exact) mass is 463 g/mol. The number of halogens is 1. The summed E-state index contributed by atoms with van der Waals surface area (Å²) in [5.74, 6) is 0.973. The second-order valence-corrected chi connectivity index (χ2v) is 8.79. The molecule has 0 spiro atoms. The van der Waals surface area contributed by atoms with E-state index in [1.165, 1.54) is 15.9 Å². The zero-order valence-corrected chi connectivity index (χ0v) is 18.2. The number of hydrogen-bond acceptors (Lipinski definition) is 6. The standard InChI is InChI=1S/C19H22BrN5O2S/c1-3-15-21-19-25(22-15)18(27)17(28-19)16(13-5-4-6-14(20)11-13)24-9-7-23(8-10-24)12(2)26/h4-6,11,16,27H,3,7-10H2,1-2H3/t16-/m1/s1. The molecule has 1 atom stereocenters. The van der Waals surface area contributed by atoms with Gasteiger partial charge in [-0.15, -0.1) is 5.10 Å². The summed E-state index contributed by atoms with van der Waals surface area (Å²) in [7, 11) is 0. The van der Waals surface area contributed by atoms with Crippen LogP contribution in [0.3, 0.4) is 0 Å². The summed E-state index contributed by atoms with van der Waals surface area (Å²) < 4.78 is 2.53. The molecule has 1 amide bonds. The Morgan fingerprint density at radius 2 is 2.07 bits per heavy atom. The Kier molecular flexibility index (Phi) is 5.39. The van der Waals surface area contributed by atoms with Crippen molar-refractivity contribution in [3.8, 4) is 5.88 Å². The van der Waals surface area contributed by atoms with Crippen molar-refractivity contribution in [2.24, 2.45) is 0 Å². The number of piperazine rings is 1. The number of amides is 1. The van der Waals surface area contributed by atoms with Crippen molar-refractivity contribution in [2.75, 3.05) is 26.2 Å². The smallest absolute Gasteiger partial charge is 0.230 e. The highest BCUT2D eigenvalue weighted by atomic mass is 79.9. The zero-order valence-electron chi connectivity index (χ0n) is 15.8. The topological polar surface area (TPSA) is 74.0 Å². The van der Waals surface area contributed by atoms with Crippen molar-refractivity contribution >= 4 is 38.1 Å². The summed E-state index contributed by atoms with van der Waals surface area (Å²) in [6.45, 7) is 6.45. The first-order valence-corrected chi connectivity index (χ1v) is 10.9. The van der Waals surface area contributed by atoms with Gasteiger partial charge in [0.25, 0.3) is 0 Å². The van der Waals surface area contributed by atoms with Crippen LogP contribution in [-0.4, -0.2) is 61.6 Å². The Morgan fingerprint density at radius 1 is 1.32 bits per heavy atom. The van der Waals surface area contributed by atoms with E-state index >= 15 is 0 Å². The van der Waals surface area contributed by atoms with E-state index in [-0.39, 0.29) is 17.8 Å². The molecule has 1 N–H and O–H groups in total. The van der Waals surface area contributed by atoms with Crippen LogP contribution < -0.4 is 0 Å². The number of aromatic hydroxyl groups is 1. The van der Waals surface area contributed by atoms with Crippen LogP contribution in [-0.2, 0) is 11.2 Å². The lowest BCUT2D eigenvalue weighted by Gasteiger charge is -2.38. The first kappa shape index (κ1) is 19.4. The van der Waals surface area contributed by atoms with Gasteiger partial charge in [-0.25, -0.2) is 4.98 Å². The van der Waals surface area contributed by atoms with Crippen LogP contribution in [0.4, 0.5) is 0 Å². The Balaban J connectivity index is 1.74. The predicted octanol–water partition coefficient (Wildman–Crippen LogP) is 3.07. The van der Waals surface area contributed by atoms with E-state index in [2.05, 4.69) is 43.0 Å². The van der Waals surface area contributed by atoms with Gasteiger partial charge in [0.05, 0.1) is 10.9 Å². The summed E-state index contributed by atoms with van der Waals surface area (Å²) in [5.41, 5.74) is 1.08. The van der Waals surface area contributed by atoms with Crippen LogP contribution in [0, 0.1) is 0 Å². The molecule has 148 valence electrons. The summed E-state index contributed by atoms with van der Waals surface area (Å²) in [6, 6.07) is 8.02. The normalized spacial score (nSPS) is 16.6. The van der Waals surface area contributed by atoms with Crippen molar-refractivity contribution in [3.63, 3.8) is 0 Å². The van der Waals surface area contributed by atoms with E-state index in [0.717, 1.165) is 40.2 Å². The van der Waals surface area contributed by atoms with Crippen molar-refractivity contribution in [2.45, 2.75) is 26.3 Å². The molecule has 0 unspecified atom stereocenters. The molecule has 7 nitrogen and oxygen atoms in total. The highest BCUT2D eigenvalue weighted by Crippen LogP contribution is 2.40. The van der Waals surface area contributed by atoms with Gasteiger partial charge >= 0.3 is 0 Å². The second-order valence-electron chi connectivity index (χ2n) is 6.87. The third kappa shape index (κ3) is 3.54. The molecule has 3 heterocycles. The molecule has 0 saturated carbocycles. The number of carbonyl (C=O) groups excluding carboxylic acids is 1. The van der Waals surface area contributed by atoms with E-state index in [4.69, 9.17) is 0 Å². The molecule has 4 rings (SSSR count). The second kappa shape index (κ2) is 7.81. The van der Waals surface area contributed by atoms with Gasteiger partial charge in [0.15, 0.2) is 5.82 Å². The Labute approximate surface area is 175 Å². The van der Waals surface area contributed by atoms with E-state index in [1.807, 2.05) is 24.0 Å². The SMILES string of the molecule is CCc1nc2sc([C@@H](c3cccc(Br)c3)N3CCN(C(C)=O)CC3)c(O)n2n1. The fourth-order valence-corrected chi connectivity index (χ4v) is 5.17. The minimum atomic E-state index is -0.120. The molecule has 1 aliphatic rings. The number of thiazole rings is 1. The van der Waals surface area contributed by atoms with Crippen molar-refractivity contribution in [1.82, 2.24) is 24.4 Å². The molecule has 1 fully saturated rings. The number of rotatable bonds is 4. The fourth-order valence-electron chi connectivity index (χ4n) is 3.62. The Morgan fingerprint density at radius 3 is 2.68 bits per heavy atom. The molecule has 0 bridgehead atoms. The molecular formula is C19H22BrN5O2S.